The zero-order valence-electron chi connectivity index (χ0n) is 13.3. The molecule has 0 saturated carbocycles. The van der Waals surface area contributed by atoms with E-state index in [2.05, 4.69) is 86.6 Å². The predicted octanol–water partition coefficient (Wildman–Crippen LogP) is 5.49. The van der Waals surface area contributed by atoms with Gasteiger partial charge in [0.25, 0.3) is 0 Å². The summed E-state index contributed by atoms with van der Waals surface area (Å²) < 4.78 is 1.21. The van der Waals surface area contributed by atoms with Gasteiger partial charge in [-0.3, -0.25) is 4.90 Å². The molecule has 1 rings (SSSR count). The van der Waals surface area contributed by atoms with Gasteiger partial charge in [-0.1, -0.05) is 54.9 Å². The second kappa shape index (κ2) is 6.41. The zero-order chi connectivity index (χ0) is 14.7. The molecule has 0 spiro atoms. The van der Waals surface area contributed by atoms with Crippen LogP contribution in [0.4, 0.5) is 0 Å². The minimum Gasteiger partial charge on any atom is -0.294 e. The summed E-state index contributed by atoms with van der Waals surface area (Å²) in [7, 11) is 0. The number of benzene rings is 1. The van der Waals surface area contributed by atoms with Crippen molar-refractivity contribution in [3.63, 3.8) is 0 Å². The molecule has 0 aliphatic carbocycles. The molecule has 2 heteroatoms. The van der Waals surface area contributed by atoms with E-state index in [1.165, 1.54) is 16.5 Å². The Morgan fingerprint density at radius 2 is 1.58 bits per heavy atom. The second-order valence-electron chi connectivity index (χ2n) is 7.49. The molecule has 1 aromatic carbocycles. The van der Waals surface area contributed by atoms with Gasteiger partial charge in [0.05, 0.1) is 0 Å². The maximum absolute atomic E-state index is 3.66. The Morgan fingerprint density at radius 3 is 2.05 bits per heavy atom. The van der Waals surface area contributed by atoms with Crippen molar-refractivity contribution in [1.82, 2.24) is 4.90 Å². The molecular weight excluding hydrogens is 298 g/mol. The first kappa shape index (κ1) is 16.7. The van der Waals surface area contributed by atoms with Crippen molar-refractivity contribution in [2.75, 3.05) is 6.54 Å². The Balaban J connectivity index is 2.79. The molecule has 19 heavy (non-hydrogen) atoms. The number of hydrogen-bond acceptors (Lipinski definition) is 1. The Bertz CT molecular complexity index is 398. The van der Waals surface area contributed by atoms with Crippen LogP contribution in [0.15, 0.2) is 28.7 Å². The van der Waals surface area contributed by atoms with Gasteiger partial charge in [0, 0.05) is 16.6 Å². The fourth-order valence-corrected chi connectivity index (χ4v) is 2.36. The van der Waals surface area contributed by atoms with Gasteiger partial charge in [-0.25, -0.2) is 0 Å². The first-order valence-electron chi connectivity index (χ1n) is 7.08. The third kappa shape index (κ3) is 6.09. The number of nitrogens with zero attached hydrogens (tertiary/aromatic N) is 1. The predicted molar refractivity (Wildman–Crippen MR) is 88.4 cm³/mol. The van der Waals surface area contributed by atoms with E-state index < -0.39 is 0 Å². The van der Waals surface area contributed by atoms with Crippen molar-refractivity contribution in [3.05, 3.63) is 34.3 Å². The lowest BCUT2D eigenvalue weighted by molar-refractivity contribution is 0.110. The van der Waals surface area contributed by atoms with Gasteiger partial charge in [-0.15, -0.1) is 0 Å². The normalized spacial score (nSPS) is 13.1. The quantitative estimate of drug-likeness (QED) is 0.707. The van der Waals surface area contributed by atoms with Gasteiger partial charge in [0.1, 0.15) is 0 Å². The summed E-state index contributed by atoms with van der Waals surface area (Å²) in [6.45, 7) is 16.0. The summed E-state index contributed by atoms with van der Waals surface area (Å²) in [5.74, 6) is 0. The summed E-state index contributed by atoms with van der Waals surface area (Å²) >= 11 is 3.66. The van der Waals surface area contributed by atoms with Gasteiger partial charge >= 0.3 is 0 Å². The Labute approximate surface area is 127 Å². The summed E-state index contributed by atoms with van der Waals surface area (Å²) in [4.78, 5) is 2.57. The average molecular weight is 326 g/mol. The van der Waals surface area contributed by atoms with Crippen molar-refractivity contribution in [1.29, 1.82) is 0 Å². The number of rotatable bonds is 4. The third-order valence-electron chi connectivity index (χ3n) is 3.40. The summed E-state index contributed by atoms with van der Waals surface area (Å²) in [5.41, 5.74) is 1.95. The fourth-order valence-electron chi connectivity index (χ4n) is 1.95. The molecule has 0 amide bonds. The van der Waals surface area contributed by atoms with E-state index in [0.717, 1.165) is 13.1 Å². The first-order valence-corrected chi connectivity index (χ1v) is 7.87. The van der Waals surface area contributed by atoms with Crippen molar-refractivity contribution >= 4 is 15.9 Å². The molecule has 0 unspecified atom stereocenters. The van der Waals surface area contributed by atoms with Gasteiger partial charge < -0.3 is 0 Å². The van der Waals surface area contributed by atoms with Crippen molar-refractivity contribution in [2.45, 2.75) is 60.0 Å². The highest BCUT2D eigenvalue weighted by Gasteiger charge is 2.23. The summed E-state index contributed by atoms with van der Waals surface area (Å²) in [5, 5.41) is 0. The largest absolute Gasteiger partial charge is 0.294 e. The van der Waals surface area contributed by atoms with E-state index in [9.17, 15) is 0 Å². The highest BCUT2D eigenvalue weighted by Crippen LogP contribution is 2.26. The lowest BCUT2D eigenvalue weighted by Crippen LogP contribution is -2.42. The van der Waals surface area contributed by atoms with Crippen LogP contribution < -0.4 is 0 Å². The van der Waals surface area contributed by atoms with E-state index in [0.29, 0.717) is 5.41 Å². The average Bonchev–Trinajstić information content (AvgIpc) is 2.23. The number of hydrogen-bond donors (Lipinski definition) is 0. The number of halogens is 1. The smallest absolute Gasteiger partial charge is 0.0250 e. The van der Waals surface area contributed by atoms with E-state index >= 15 is 0 Å². The molecular formula is C17H28BrN. The molecule has 0 heterocycles. The highest BCUT2D eigenvalue weighted by molar-refractivity contribution is 9.10. The second-order valence-corrected chi connectivity index (χ2v) is 8.35. The maximum atomic E-state index is 3.66. The molecule has 0 fully saturated rings. The molecule has 0 bridgehead atoms. The van der Waals surface area contributed by atoms with Gasteiger partial charge in [0.15, 0.2) is 0 Å². The van der Waals surface area contributed by atoms with E-state index in [1.54, 1.807) is 0 Å². The molecule has 0 saturated heterocycles. The van der Waals surface area contributed by atoms with Gasteiger partial charge in [-0.05, 0) is 50.8 Å². The lowest BCUT2D eigenvalue weighted by atomic mass is 9.91. The maximum Gasteiger partial charge on any atom is 0.0250 e. The van der Waals surface area contributed by atoms with E-state index in [1.807, 2.05) is 0 Å². The zero-order valence-corrected chi connectivity index (χ0v) is 14.8. The third-order valence-corrected chi connectivity index (χ3v) is 4.17. The molecule has 0 aliphatic rings. The molecule has 0 N–H and O–H groups in total. The lowest BCUT2D eigenvalue weighted by Gasteiger charge is -2.37. The Hall–Kier alpha value is -0.340. The first-order chi connectivity index (χ1) is 8.59. The van der Waals surface area contributed by atoms with Crippen molar-refractivity contribution < 1.29 is 0 Å². The van der Waals surface area contributed by atoms with E-state index in [4.69, 9.17) is 0 Å². The van der Waals surface area contributed by atoms with Crippen LogP contribution >= 0.6 is 15.9 Å². The van der Waals surface area contributed by atoms with Crippen LogP contribution in [0.2, 0.25) is 0 Å². The van der Waals surface area contributed by atoms with Crippen LogP contribution in [-0.2, 0) is 6.54 Å². The van der Waals surface area contributed by atoms with Gasteiger partial charge in [0.2, 0.25) is 0 Å². The van der Waals surface area contributed by atoms with Crippen LogP contribution in [0.5, 0.6) is 0 Å². The molecule has 0 atom stereocenters. The standard InChI is InChI=1S/C17H28BrN/c1-16(2,3)11-12-19(17(4,5)6)13-14-9-7-8-10-15(14)18/h7-10H,11-13H2,1-6H3. The molecule has 0 aliphatic heterocycles. The van der Waals surface area contributed by atoms with Crippen LogP contribution in [-0.4, -0.2) is 17.0 Å². The van der Waals surface area contributed by atoms with Crippen molar-refractivity contribution in [2.24, 2.45) is 5.41 Å². The SMILES string of the molecule is CC(C)(C)CCN(Cc1ccccc1Br)C(C)(C)C. The van der Waals surface area contributed by atoms with Gasteiger partial charge in [-0.2, -0.15) is 0 Å². The Morgan fingerprint density at radius 1 is 1.00 bits per heavy atom. The van der Waals surface area contributed by atoms with Crippen molar-refractivity contribution in [3.8, 4) is 0 Å². The summed E-state index contributed by atoms with van der Waals surface area (Å²) in [6.07, 6.45) is 1.22. The topological polar surface area (TPSA) is 3.24 Å². The molecule has 0 radical (unpaired) electrons. The van der Waals surface area contributed by atoms with E-state index in [-0.39, 0.29) is 5.54 Å². The highest BCUT2D eigenvalue weighted by atomic mass is 79.9. The fraction of sp³-hybridized carbons (Fsp3) is 0.647. The molecule has 1 nitrogen and oxygen atoms in total. The Kier molecular flexibility index (Phi) is 5.64. The minimum atomic E-state index is 0.195. The minimum absolute atomic E-state index is 0.195. The van der Waals surface area contributed by atoms with Crippen LogP contribution in [0.1, 0.15) is 53.5 Å². The van der Waals surface area contributed by atoms with Crippen LogP contribution in [0.3, 0.4) is 0 Å². The van der Waals surface area contributed by atoms with Crippen LogP contribution in [0.25, 0.3) is 0 Å². The monoisotopic (exact) mass is 325 g/mol. The molecule has 108 valence electrons. The summed E-state index contributed by atoms with van der Waals surface area (Å²) in [6, 6.07) is 8.52. The van der Waals surface area contributed by atoms with Crippen LogP contribution in [0, 0.1) is 5.41 Å². The molecule has 1 aromatic rings. The molecule has 0 aromatic heterocycles.